The van der Waals surface area contributed by atoms with Crippen molar-refractivity contribution in [2.75, 3.05) is 14.2 Å². The number of hydrogen-bond acceptors (Lipinski definition) is 4. The lowest BCUT2D eigenvalue weighted by molar-refractivity contribution is -0.0753. The maximum atomic E-state index is 11.7. The molecule has 0 aromatic carbocycles. The van der Waals surface area contributed by atoms with Crippen LogP contribution in [0.1, 0.15) is 9.67 Å². The Bertz CT molecular complexity index is 462. The van der Waals surface area contributed by atoms with Crippen molar-refractivity contribution in [1.29, 1.82) is 0 Å². The minimum absolute atomic E-state index is 0.140. The molecule has 0 N–H and O–H groups in total. The number of nitrogens with zero attached hydrogens (tertiary/aromatic N) is 2. The Hall–Kier alpha value is -1.46. The molecule has 78 valence electrons. The van der Waals surface area contributed by atoms with E-state index < -0.39 is 0 Å². The van der Waals surface area contributed by atoms with E-state index in [1.807, 2.05) is 12.1 Å². The van der Waals surface area contributed by atoms with Gasteiger partial charge in [-0.25, -0.2) is 5.06 Å². The summed E-state index contributed by atoms with van der Waals surface area (Å²) in [6, 6.07) is 3.73. The second-order valence-electron chi connectivity index (χ2n) is 3.01. The van der Waals surface area contributed by atoms with Crippen molar-refractivity contribution in [3.8, 4) is 0 Å². The van der Waals surface area contributed by atoms with E-state index in [1.165, 1.54) is 23.5 Å². The Morgan fingerprint density at radius 2 is 2.40 bits per heavy atom. The van der Waals surface area contributed by atoms with Gasteiger partial charge < -0.3 is 0 Å². The number of carbonyl (C=O) groups is 1. The first-order chi connectivity index (χ1) is 7.22. The first kappa shape index (κ1) is 10.1. The predicted molar refractivity (Wildman–Crippen MR) is 58.7 cm³/mol. The maximum absolute atomic E-state index is 11.7. The summed E-state index contributed by atoms with van der Waals surface area (Å²) in [7, 11) is 3.05. The van der Waals surface area contributed by atoms with Crippen LogP contribution in [-0.2, 0) is 4.84 Å². The molecule has 0 spiro atoms. The van der Waals surface area contributed by atoms with E-state index in [0.29, 0.717) is 4.88 Å². The third kappa shape index (κ3) is 1.84. The van der Waals surface area contributed by atoms with Crippen molar-refractivity contribution >= 4 is 27.3 Å². The highest BCUT2D eigenvalue weighted by Crippen LogP contribution is 2.25. The van der Waals surface area contributed by atoms with Crippen molar-refractivity contribution in [3.63, 3.8) is 0 Å². The molecule has 15 heavy (non-hydrogen) atoms. The van der Waals surface area contributed by atoms with Crippen LogP contribution in [0.2, 0.25) is 0 Å². The molecule has 0 saturated carbocycles. The Kier molecular flexibility index (Phi) is 2.66. The molecule has 0 unspecified atom stereocenters. The second kappa shape index (κ2) is 3.96. The highest BCUT2D eigenvalue weighted by Gasteiger charge is 2.14. The van der Waals surface area contributed by atoms with E-state index in [2.05, 4.69) is 4.98 Å². The molecule has 2 rings (SSSR count). The summed E-state index contributed by atoms with van der Waals surface area (Å²) in [6.45, 7) is 0. The molecule has 0 fully saturated rings. The maximum Gasteiger partial charge on any atom is 0.287 e. The second-order valence-corrected chi connectivity index (χ2v) is 4.09. The van der Waals surface area contributed by atoms with Crippen molar-refractivity contribution in [1.82, 2.24) is 10.0 Å². The number of rotatable bonds is 2. The molecule has 0 saturated heterocycles. The Labute approximate surface area is 91.1 Å². The van der Waals surface area contributed by atoms with Crippen molar-refractivity contribution in [2.45, 2.75) is 0 Å². The standard InChI is InChI=1S/C10H10N2O2S/c1-12(14-2)10(13)8-5-7-3-4-11-6-9(7)15-8/h3-6H,1-2H3. The quantitative estimate of drug-likeness (QED) is 0.729. The molecule has 0 aliphatic heterocycles. The number of carbonyl (C=O) groups excluding carboxylic acids is 1. The van der Waals surface area contributed by atoms with Crippen molar-refractivity contribution < 1.29 is 9.63 Å². The van der Waals surface area contributed by atoms with Gasteiger partial charge in [-0.15, -0.1) is 11.3 Å². The SMILES string of the molecule is CON(C)C(=O)c1cc2ccncc2s1. The van der Waals surface area contributed by atoms with E-state index in [9.17, 15) is 4.79 Å². The van der Waals surface area contributed by atoms with Crippen LogP contribution in [0.3, 0.4) is 0 Å². The van der Waals surface area contributed by atoms with Crippen LogP contribution < -0.4 is 0 Å². The molecule has 2 heterocycles. The number of fused-ring (bicyclic) bond motifs is 1. The van der Waals surface area contributed by atoms with Gasteiger partial charge in [0.05, 0.1) is 16.7 Å². The Morgan fingerprint density at radius 1 is 1.60 bits per heavy atom. The highest BCUT2D eigenvalue weighted by molar-refractivity contribution is 7.20. The summed E-state index contributed by atoms with van der Waals surface area (Å²) in [6.07, 6.45) is 3.47. The average molecular weight is 222 g/mol. The fourth-order valence-electron chi connectivity index (χ4n) is 1.23. The number of thiophene rings is 1. The van der Waals surface area contributed by atoms with Crippen LogP contribution in [-0.4, -0.2) is 30.1 Å². The summed E-state index contributed by atoms with van der Waals surface area (Å²) in [5.74, 6) is -0.140. The number of amides is 1. The molecule has 0 atom stereocenters. The van der Waals surface area contributed by atoms with Gasteiger partial charge in [0.1, 0.15) is 0 Å². The molecule has 0 bridgehead atoms. The van der Waals surface area contributed by atoms with Crippen LogP contribution in [0.25, 0.3) is 10.1 Å². The fraction of sp³-hybridized carbons (Fsp3) is 0.200. The van der Waals surface area contributed by atoms with Gasteiger partial charge in [0.25, 0.3) is 5.91 Å². The van der Waals surface area contributed by atoms with Crippen LogP contribution in [0.4, 0.5) is 0 Å². The molecule has 0 aliphatic rings. The van der Waals surface area contributed by atoms with E-state index in [0.717, 1.165) is 10.1 Å². The molecule has 5 heteroatoms. The average Bonchev–Trinajstić information content (AvgIpc) is 2.70. The van der Waals surface area contributed by atoms with Gasteiger partial charge in [-0.05, 0) is 17.5 Å². The van der Waals surface area contributed by atoms with E-state index >= 15 is 0 Å². The lowest BCUT2D eigenvalue weighted by Gasteiger charge is -2.11. The number of pyridine rings is 1. The first-order valence-electron chi connectivity index (χ1n) is 4.38. The van der Waals surface area contributed by atoms with Crippen LogP contribution in [0, 0.1) is 0 Å². The van der Waals surface area contributed by atoms with Crippen LogP contribution in [0.5, 0.6) is 0 Å². The minimum Gasteiger partial charge on any atom is -0.274 e. The van der Waals surface area contributed by atoms with E-state index in [-0.39, 0.29) is 5.91 Å². The van der Waals surface area contributed by atoms with Gasteiger partial charge in [-0.2, -0.15) is 0 Å². The summed E-state index contributed by atoms with van der Waals surface area (Å²) in [5, 5.41) is 2.24. The molecule has 0 aliphatic carbocycles. The number of aromatic nitrogens is 1. The molecule has 2 aromatic heterocycles. The van der Waals surface area contributed by atoms with E-state index in [1.54, 1.807) is 19.4 Å². The minimum atomic E-state index is -0.140. The lowest BCUT2D eigenvalue weighted by Crippen LogP contribution is -2.24. The monoisotopic (exact) mass is 222 g/mol. The fourth-order valence-corrected chi connectivity index (χ4v) is 2.22. The van der Waals surface area contributed by atoms with Crippen molar-refractivity contribution in [3.05, 3.63) is 29.4 Å². The predicted octanol–water partition coefficient (Wildman–Crippen LogP) is 1.93. The smallest absolute Gasteiger partial charge is 0.274 e. The molecule has 0 radical (unpaired) electrons. The Balaban J connectivity index is 2.41. The topological polar surface area (TPSA) is 42.4 Å². The first-order valence-corrected chi connectivity index (χ1v) is 5.19. The van der Waals surface area contributed by atoms with Crippen LogP contribution >= 0.6 is 11.3 Å². The van der Waals surface area contributed by atoms with Crippen molar-refractivity contribution in [2.24, 2.45) is 0 Å². The molecule has 2 aromatic rings. The molecule has 4 nitrogen and oxygen atoms in total. The zero-order valence-corrected chi connectivity index (χ0v) is 9.25. The molecular formula is C10H10N2O2S. The van der Waals surface area contributed by atoms with Gasteiger partial charge in [0.2, 0.25) is 0 Å². The summed E-state index contributed by atoms with van der Waals surface area (Å²) < 4.78 is 1.00. The number of hydroxylamine groups is 2. The van der Waals surface area contributed by atoms with Gasteiger partial charge in [0.15, 0.2) is 0 Å². The van der Waals surface area contributed by atoms with Gasteiger partial charge in [-0.3, -0.25) is 14.6 Å². The largest absolute Gasteiger partial charge is 0.287 e. The zero-order valence-electron chi connectivity index (χ0n) is 8.43. The summed E-state index contributed by atoms with van der Waals surface area (Å²) >= 11 is 1.42. The summed E-state index contributed by atoms with van der Waals surface area (Å²) in [5.41, 5.74) is 0. The van der Waals surface area contributed by atoms with Gasteiger partial charge in [-0.1, -0.05) is 0 Å². The highest BCUT2D eigenvalue weighted by atomic mass is 32.1. The normalized spacial score (nSPS) is 10.5. The van der Waals surface area contributed by atoms with E-state index in [4.69, 9.17) is 4.84 Å². The summed E-state index contributed by atoms with van der Waals surface area (Å²) in [4.78, 5) is 21.2. The third-order valence-electron chi connectivity index (χ3n) is 2.09. The molecular weight excluding hydrogens is 212 g/mol. The zero-order chi connectivity index (χ0) is 10.8. The lowest BCUT2D eigenvalue weighted by atomic mass is 10.3. The number of hydrogen-bond donors (Lipinski definition) is 0. The van der Waals surface area contributed by atoms with Crippen LogP contribution in [0.15, 0.2) is 24.5 Å². The third-order valence-corrected chi connectivity index (χ3v) is 3.17. The van der Waals surface area contributed by atoms with Gasteiger partial charge in [0, 0.05) is 19.4 Å². The Morgan fingerprint density at radius 3 is 3.07 bits per heavy atom. The van der Waals surface area contributed by atoms with Gasteiger partial charge >= 0.3 is 0 Å². The molecule has 1 amide bonds.